The average Bonchev–Trinajstić information content (AvgIpc) is 2.51. The zero-order valence-corrected chi connectivity index (χ0v) is 11.1. The molecule has 100 valence electrons. The van der Waals surface area contributed by atoms with E-state index in [4.69, 9.17) is 0 Å². The van der Waals surface area contributed by atoms with Gasteiger partial charge < -0.3 is 10.4 Å². The summed E-state index contributed by atoms with van der Waals surface area (Å²) in [4.78, 5) is 4.67. The Morgan fingerprint density at radius 3 is 2.70 bits per heavy atom. The summed E-state index contributed by atoms with van der Waals surface area (Å²) >= 11 is 0. The summed E-state index contributed by atoms with van der Waals surface area (Å²) in [7, 11) is 0. The van der Waals surface area contributed by atoms with Gasteiger partial charge in [0.2, 0.25) is 0 Å². The summed E-state index contributed by atoms with van der Waals surface area (Å²) in [5, 5.41) is 14.8. The van der Waals surface area contributed by atoms with Crippen LogP contribution in [0.5, 0.6) is 0 Å². The summed E-state index contributed by atoms with van der Waals surface area (Å²) in [5.41, 5.74) is 3.81. The molecule has 0 spiro atoms. The van der Waals surface area contributed by atoms with E-state index in [9.17, 15) is 5.11 Å². The number of aliphatic hydroxyl groups is 1. The molecule has 3 heteroatoms. The number of anilines is 1. The molecule has 0 amide bonds. The number of benzene rings is 2. The molecule has 0 radical (unpaired) electrons. The fraction of sp³-hybridized carbons (Fsp3) is 0.118. The molecule has 0 unspecified atom stereocenters. The Hall–Kier alpha value is -2.39. The predicted octanol–water partition coefficient (Wildman–Crippen LogP) is 3.48. The van der Waals surface area contributed by atoms with E-state index in [-0.39, 0.29) is 6.61 Å². The maximum atomic E-state index is 9.32. The Labute approximate surface area is 117 Å². The lowest BCUT2D eigenvalue weighted by Crippen LogP contribution is -2.01. The highest BCUT2D eigenvalue weighted by atomic mass is 16.3. The highest BCUT2D eigenvalue weighted by Gasteiger charge is 2.08. The van der Waals surface area contributed by atoms with Crippen LogP contribution in [0.25, 0.3) is 21.8 Å². The Kier molecular flexibility index (Phi) is 3.35. The number of rotatable bonds is 4. The number of fused-ring (bicyclic) bond motifs is 2. The first-order valence-corrected chi connectivity index (χ1v) is 6.60. The van der Waals surface area contributed by atoms with Crippen LogP contribution in [-0.2, 0) is 6.61 Å². The predicted molar refractivity (Wildman–Crippen MR) is 83.9 cm³/mol. The van der Waals surface area contributed by atoms with Gasteiger partial charge in [0.25, 0.3) is 0 Å². The minimum Gasteiger partial charge on any atom is -0.392 e. The SMILES string of the molecule is C=CCNc1c2ccccc2nc2ccc(CO)cc12. The van der Waals surface area contributed by atoms with Gasteiger partial charge in [-0.1, -0.05) is 30.3 Å². The molecule has 3 aromatic rings. The summed E-state index contributed by atoms with van der Waals surface area (Å²) in [6.07, 6.45) is 1.83. The highest BCUT2D eigenvalue weighted by Crippen LogP contribution is 2.31. The topological polar surface area (TPSA) is 45.2 Å². The van der Waals surface area contributed by atoms with Gasteiger partial charge in [-0.05, 0) is 23.8 Å². The van der Waals surface area contributed by atoms with E-state index in [0.29, 0.717) is 6.54 Å². The molecule has 20 heavy (non-hydrogen) atoms. The van der Waals surface area contributed by atoms with Crippen LogP contribution in [0.3, 0.4) is 0 Å². The molecule has 2 N–H and O–H groups in total. The van der Waals surface area contributed by atoms with Crippen molar-refractivity contribution in [3.8, 4) is 0 Å². The molecule has 0 aliphatic heterocycles. The second-order valence-corrected chi connectivity index (χ2v) is 4.68. The fourth-order valence-electron chi connectivity index (χ4n) is 2.40. The van der Waals surface area contributed by atoms with Gasteiger partial charge in [-0.25, -0.2) is 4.98 Å². The smallest absolute Gasteiger partial charge is 0.0730 e. The second-order valence-electron chi connectivity index (χ2n) is 4.68. The third-order valence-corrected chi connectivity index (χ3v) is 3.35. The van der Waals surface area contributed by atoms with Crippen molar-refractivity contribution >= 4 is 27.5 Å². The van der Waals surface area contributed by atoms with Crippen LogP contribution in [0.1, 0.15) is 5.56 Å². The van der Waals surface area contributed by atoms with Crippen molar-refractivity contribution in [3.63, 3.8) is 0 Å². The number of hydrogen-bond acceptors (Lipinski definition) is 3. The molecule has 0 saturated carbocycles. The first kappa shape index (κ1) is 12.6. The van der Waals surface area contributed by atoms with E-state index in [1.54, 1.807) is 0 Å². The van der Waals surface area contributed by atoms with Crippen LogP contribution >= 0.6 is 0 Å². The van der Waals surface area contributed by atoms with E-state index in [1.165, 1.54) is 0 Å². The average molecular weight is 264 g/mol. The molecule has 0 aliphatic rings. The molecule has 2 aromatic carbocycles. The highest BCUT2D eigenvalue weighted by molar-refractivity contribution is 6.07. The number of aromatic nitrogens is 1. The zero-order chi connectivity index (χ0) is 13.9. The minimum atomic E-state index is 0.0314. The van der Waals surface area contributed by atoms with Crippen molar-refractivity contribution in [2.24, 2.45) is 0 Å². The van der Waals surface area contributed by atoms with Crippen LogP contribution < -0.4 is 5.32 Å². The van der Waals surface area contributed by atoms with E-state index in [2.05, 4.69) is 22.9 Å². The number of pyridine rings is 1. The van der Waals surface area contributed by atoms with E-state index < -0.39 is 0 Å². The van der Waals surface area contributed by atoms with Gasteiger partial charge in [-0.3, -0.25) is 0 Å². The Balaban J connectivity index is 2.35. The molecule has 1 aromatic heterocycles. The molecule has 0 bridgehead atoms. The van der Waals surface area contributed by atoms with E-state index >= 15 is 0 Å². The molecule has 0 aliphatic carbocycles. The maximum absolute atomic E-state index is 9.32. The van der Waals surface area contributed by atoms with Crippen LogP contribution in [0.4, 0.5) is 5.69 Å². The largest absolute Gasteiger partial charge is 0.392 e. The Bertz CT molecular complexity index is 780. The summed E-state index contributed by atoms with van der Waals surface area (Å²) in [5.74, 6) is 0. The Morgan fingerprint density at radius 2 is 1.90 bits per heavy atom. The van der Waals surface area contributed by atoms with E-state index in [0.717, 1.165) is 33.1 Å². The molecular formula is C17H16N2O. The normalized spacial score (nSPS) is 10.8. The molecule has 0 fully saturated rings. The van der Waals surface area contributed by atoms with Gasteiger partial charge in [0.1, 0.15) is 0 Å². The Morgan fingerprint density at radius 1 is 1.10 bits per heavy atom. The van der Waals surface area contributed by atoms with Gasteiger partial charge in [0, 0.05) is 17.3 Å². The van der Waals surface area contributed by atoms with Gasteiger partial charge in [0.05, 0.1) is 23.3 Å². The number of hydrogen-bond donors (Lipinski definition) is 2. The van der Waals surface area contributed by atoms with Crippen molar-refractivity contribution < 1.29 is 5.11 Å². The molecular weight excluding hydrogens is 248 g/mol. The van der Waals surface area contributed by atoms with Crippen molar-refractivity contribution in [3.05, 3.63) is 60.7 Å². The molecule has 3 rings (SSSR count). The van der Waals surface area contributed by atoms with E-state index in [1.807, 2.05) is 42.5 Å². The summed E-state index contributed by atoms with van der Waals surface area (Å²) in [6.45, 7) is 4.47. The number of aliphatic hydroxyl groups excluding tert-OH is 1. The van der Waals surface area contributed by atoms with Crippen LogP contribution in [0, 0.1) is 0 Å². The fourth-order valence-corrected chi connectivity index (χ4v) is 2.40. The quantitative estimate of drug-likeness (QED) is 0.560. The monoisotopic (exact) mass is 264 g/mol. The minimum absolute atomic E-state index is 0.0314. The van der Waals surface area contributed by atoms with Gasteiger partial charge in [0.15, 0.2) is 0 Å². The number of para-hydroxylation sites is 1. The van der Waals surface area contributed by atoms with Crippen LogP contribution in [0.2, 0.25) is 0 Å². The first-order valence-electron chi connectivity index (χ1n) is 6.60. The molecule has 0 atom stereocenters. The van der Waals surface area contributed by atoms with Crippen molar-refractivity contribution in [2.75, 3.05) is 11.9 Å². The van der Waals surface area contributed by atoms with Crippen molar-refractivity contribution in [2.45, 2.75) is 6.61 Å². The third-order valence-electron chi connectivity index (χ3n) is 3.35. The third kappa shape index (κ3) is 2.12. The lowest BCUT2D eigenvalue weighted by molar-refractivity contribution is 0.282. The van der Waals surface area contributed by atoms with Crippen molar-refractivity contribution in [1.82, 2.24) is 4.98 Å². The molecule has 3 nitrogen and oxygen atoms in total. The van der Waals surface area contributed by atoms with Crippen LogP contribution in [0.15, 0.2) is 55.1 Å². The first-order chi connectivity index (χ1) is 9.83. The maximum Gasteiger partial charge on any atom is 0.0730 e. The number of nitrogens with one attached hydrogen (secondary N) is 1. The van der Waals surface area contributed by atoms with Gasteiger partial charge in [-0.2, -0.15) is 0 Å². The standard InChI is InChI=1S/C17H16N2O/c1-2-9-18-17-13-5-3-4-6-15(13)19-16-8-7-12(11-20)10-14(16)17/h2-8,10,20H,1,9,11H2,(H,18,19). The zero-order valence-electron chi connectivity index (χ0n) is 11.1. The lowest BCUT2D eigenvalue weighted by atomic mass is 10.1. The van der Waals surface area contributed by atoms with Crippen molar-refractivity contribution in [1.29, 1.82) is 0 Å². The number of nitrogens with zero attached hydrogens (tertiary/aromatic N) is 1. The summed E-state index contributed by atoms with van der Waals surface area (Å²) < 4.78 is 0. The second kappa shape index (κ2) is 5.31. The van der Waals surface area contributed by atoms with Gasteiger partial charge >= 0.3 is 0 Å². The summed E-state index contributed by atoms with van der Waals surface area (Å²) in [6, 6.07) is 13.9. The molecule has 0 saturated heterocycles. The van der Waals surface area contributed by atoms with Gasteiger partial charge in [-0.15, -0.1) is 6.58 Å². The molecule has 1 heterocycles. The van der Waals surface area contributed by atoms with Crippen LogP contribution in [-0.4, -0.2) is 16.6 Å². The lowest BCUT2D eigenvalue weighted by Gasteiger charge is -2.12.